The molecule has 0 unspecified atom stereocenters. The van der Waals surface area contributed by atoms with Crippen molar-refractivity contribution in [3.05, 3.63) is 58.1 Å². The predicted octanol–water partition coefficient (Wildman–Crippen LogP) is 4.65. The van der Waals surface area contributed by atoms with Gasteiger partial charge in [-0.1, -0.05) is 18.2 Å². The van der Waals surface area contributed by atoms with Crippen LogP contribution in [0.15, 0.2) is 53.3 Å². The van der Waals surface area contributed by atoms with Crippen molar-refractivity contribution in [2.75, 3.05) is 13.7 Å². The fraction of sp³-hybridized carbons (Fsp3) is 0.111. The number of hydrogen-bond donors (Lipinski definition) is 0. The number of methoxy groups -OCH3 is 1. The van der Waals surface area contributed by atoms with E-state index in [2.05, 4.69) is 6.58 Å². The molecule has 0 saturated carbocycles. The number of thiophene rings is 1. The van der Waals surface area contributed by atoms with E-state index in [0.29, 0.717) is 4.91 Å². The summed E-state index contributed by atoms with van der Waals surface area (Å²) in [4.78, 5) is 26.6. The number of thioether (sulfide) groups is 1. The maximum Gasteiger partial charge on any atom is 0.293 e. The van der Waals surface area contributed by atoms with E-state index in [-0.39, 0.29) is 17.7 Å². The molecule has 1 aliphatic heterocycles. The first kappa shape index (κ1) is 16.5. The molecular weight excluding hydrogens is 342 g/mol. The first-order valence-electron chi connectivity index (χ1n) is 7.21. The fourth-order valence-corrected chi connectivity index (χ4v) is 4.04. The molecule has 6 heteroatoms. The molecule has 24 heavy (non-hydrogen) atoms. The molecule has 122 valence electrons. The molecule has 0 bridgehead atoms. The lowest BCUT2D eigenvalue weighted by atomic mass is 10.1. The Kier molecular flexibility index (Phi) is 4.87. The van der Waals surface area contributed by atoms with E-state index in [1.807, 2.05) is 35.7 Å². The highest BCUT2D eigenvalue weighted by atomic mass is 32.2. The van der Waals surface area contributed by atoms with Crippen LogP contribution >= 0.6 is 23.1 Å². The Morgan fingerprint density at radius 2 is 1.96 bits per heavy atom. The van der Waals surface area contributed by atoms with Crippen LogP contribution in [0.2, 0.25) is 0 Å². The Balaban J connectivity index is 1.82. The Morgan fingerprint density at radius 1 is 1.21 bits per heavy atom. The second kappa shape index (κ2) is 7.07. The van der Waals surface area contributed by atoms with Gasteiger partial charge >= 0.3 is 0 Å². The highest BCUT2D eigenvalue weighted by Crippen LogP contribution is 2.34. The van der Waals surface area contributed by atoms with E-state index in [4.69, 9.17) is 4.74 Å². The smallest absolute Gasteiger partial charge is 0.293 e. The van der Waals surface area contributed by atoms with Gasteiger partial charge in [0.1, 0.15) is 5.75 Å². The molecule has 1 saturated heterocycles. The number of carbonyl (C=O) groups is 2. The van der Waals surface area contributed by atoms with Gasteiger partial charge in [0.2, 0.25) is 0 Å². The zero-order valence-corrected chi connectivity index (χ0v) is 14.7. The zero-order valence-electron chi connectivity index (χ0n) is 13.0. The zero-order chi connectivity index (χ0) is 17.1. The van der Waals surface area contributed by atoms with Crippen LogP contribution in [0.5, 0.6) is 5.75 Å². The molecule has 0 aliphatic carbocycles. The van der Waals surface area contributed by atoms with Crippen molar-refractivity contribution in [2.45, 2.75) is 0 Å². The van der Waals surface area contributed by atoms with Crippen molar-refractivity contribution in [3.63, 3.8) is 0 Å². The molecule has 1 aromatic carbocycles. The van der Waals surface area contributed by atoms with Crippen molar-refractivity contribution in [2.24, 2.45) is 0 Å². The topological polar surface area (TPSA) is 46.6 Å². The lowest BCUT2D eigenvalue weighted by Crippen LogP contribution is -2.27. The SMILES string of the molecule is C=CCN1C(=O)S/C(=C\c2cc(-c3ccc(OC)cc3)cs2)C1=O. The van der Waals surface area contributed by atoms with Crippen LogP contribution in [-0.2, 0) is 4.79 Å². The number of nitrogens with zero attached hydrogens (tertiary/aromatic N) is 1. The van der Waals surface area contributed by atoms with E-state index >= 15 is 0 Å². The van der Waals surface area contributed by atoms with Crippen LogP contribution in [0.1, 0.15) is 4.88 Å². The Hall–Kier alpha value is -2.31. The van der Waals surface area contributed by atoms with E-state index in [1.54, 1.807) is 19.3 Å². The molecule has 2 heterocycles. The van der Waals surface area contributed by atoms with Crippen molar-refractivity contribution in [1.29, 1.82) is 0 Å². The summed E-state index contributed by atoms with van der Waals surface area (Å²) in [5.74, 6) is 0.550. The maximum atomic E-state index is 12.2. The van der Waals surface area contributed by atoms with Gasteiger partial charge in [0.15, 0.2) is 0 Å². The number of amides is 2. The molecule has 1 aliphatic rings. The minimum absolute atomic E-state index is 0.240. The van der Waals surface area contributed by atoms with Crippen LogP contribution in [0, 0.1) is 0 Å². The monoisotopic (exact) mass is 357 g/mol. The van der Waals surface area contributed by atoms with E-state index < -0.39 is 0 Å². The molecule has 0 atom stereocenters. The van der Waals surface area contributed by atoms with Crippen LogP contribution < -0.4 is 4.74 Å². The minimum Gasteiger partial charge on any atom is -0.497 e. The molecule has 0 radical (unpaired) electrons. The summed E-state index contributed by atoms with van der Waals surface area (Å²) in [6.07, 6.45) is 3.32. The van der Waals surface area contributed by atoms with Gasteiger partial charge in [0.05, 0.1) is 12.0 Å². The molecule has 2 amide bonds. The third kappa shape index (κ3) is 3.29. The second-order valence-corrected chi connectivity index (χ2v) is 6.98. The highest BCUT2D eigenvalue weighted by Gasteiger charge is 2.34. The van der Waals surface area contributed by atoms with Gasteiger partial charge in [0.25, 0.3) is 11.1 Å². The summed E-state index contributed by atoms with van der Waals surface area (Å²) >= 11 is 2.50. The van der Waals surface area contributed by atoms with Gasteiger partial charge in [-0.15, -0.1) is 17.9 Å². The average molecular weight is 357 g/mol. The summed E-state index contributed by atoms with van der Waals surface area (Å²) in [7, 11) is 1.64. The largest absolute Gasteiger partial charge is 0.497 e. The molecule has 2 aromatic rings. The van der Waals surface area contributed by atoms with Gasteiger partial charge in [-0.25, -0.2) is 0 Å². The Bertz CT molecular complexity index is 821. The molecule has 1 fully saturated rings. The van der Waals surface area contributed by atoms with Crippen molar-refractivity contribution < 1.29 is 14.3 Å². The van der Waals surface area contributed by atoms with Crippen molar-refractivity contribution in [1.82, 2.24) is 4.90 Å². The predicted molar refractivity (Wildman–Crippen MR) is 99.2 cm³/mol. The van der Waals surface area contributed by atoms with E-state index in [0.717, 1.165) is 33.5 Å². The summed E-state index contributed by atoms with van der Waals surface area (Å²) in [6.45, 7) is 3.81. The number of hydrogen-bond acceptors (Lipinski definition) is 5. The molecule has 1 aromatic heterocycles. The van der Waals surface area contributed by atoms with Gasteiger partial charge in [-0.2, -0.15) is 0 Å². The summed E-state index contributed by atoms with van der Waals surface area (Å²) in [5.41, 5.74) is 2.14. The van der Waals surface area contributed by atoms with Crippen LogP contribution in [0.25, 0.3) is 17.2 Å². The van der Waals surface area contributed by atoms with E-state index in [9.17, 15) is 9.59 Å². The Morgan fingerprint density at radius 3 is 2.62 bits per heavy atom. The number of rotatable bonds is 5. The fourth-order valence-electron chi connectivity index (χ4n) is 2.28. The number of carbonyl (C=O) groups excluding carboxylic acids is 2. The van der Waals surface area contributed by atoms with Gasteiger partial charge < -0.3 is 4.74 Å². The first-order chi connectivity index (χ1) is 11.6. The van der Waals surface area contributed by atoms with Crippen molar-refractivity contribution >= 4 is 40.3 Å². The van der Waals surface area contributed by atoms with Crippen molar-refractivity contribution in [3.8, 4) is 16.9 Å². The molecule has 3 rings (SSSR count). The molecule has 0 spiro atoms. The van der Waals surface area contributed by atoms with Gasteiger partial charge in [0, 0.05) is 11.4 Å². The standard InChI is InChI=1S/C18H15NO3S2/c1-3-8-19-17(20)16(24-18(19)21)10-15-9-13(11-23-15)12-4-6-14(22-2)7-5-12/h3-7,9-11H,1,8H2,2H3/b16-10-. The normalized spacial score (nSPS) is 16.0. The highest BCUT2D eigenvalue weighted by molar-refractivity contribution is 8.18. The second-order valence-electron chi connectivity index (χ2n) is 5.05. The first-order valence-corrected chi connectivity index (χ1v) is 8.91. The quantitative estimate of drug-likeness (QED) is 0.577. The molecular formula is C18H15NO3S2. The minimum atomic E-state index is -0.260. The lowest BCUT2D eigenvalue weighted by Gasteiger charge is -2.07. The van der Waals surface area contributed by atoms with E-state index in [1.165, 1.54) is 16.2 Å². The van der Waals surface area contributed by atoms with Gasteiger partial charge in [-0.05, 0) is 52.5 Å². The Labute approximate surface area is 148 Å². The van der Waals surface area contributed by atoms with Gasteiger partial charge in [-0.3, -0.25) is 14.5 Å². The summed E-state index contributed by atoms with van der Waals surface area (Å²) < 4.78 is 5.16. The molecule has 0 N–H and O–H groups in total. The summed E-state index contributed by atoms with van der Waals surface area (Å²) in [5, 5.41) is 1.78. The number of ether oxygens (including phenoxy) is 1. The summed E-state index contributed by atoms with van der Waals surface area (Å²) in [6, 6.07) is 9.81. The number of imide groups is 1. The van der Waals surface area contributed by atoms with Crippen LogP contribution in [-0.4, -0.2) is 29.7 Å². The van der Waals surface area contributed by atoms with Crippen LogP contribution in [0.4, 0.5) is 4.79 Å². The molecule has 4 nitrogen and oxygen atoms in total. The lowest BCUT2D eigenvalue weighted by molar-refractivity contribution is -0.122. The number of benzene rings is 1. The third-order valence-corrected chi connectivity index (χ3v) is 5.29. The average Bonchev–Trinajstić information content (AvgIpc) is 3.16. The third-order valence-electron chi connectivity index (χ3n) is 3.50. The van der Waals surface area contributed by atoms with Crippen LogP contribution in [0.3, 0.4) is 0 Å². The maximum absolute atomic E-state index is 12.2.